The Kier molecular flexibility index (Phi) is 4.14. The topological polar surface area (TPSA) is 55.1 Å². The first kappa shape index (κ1) is 12.1. The molecule has 0 aliphatic rings. The molecule has 0 aliphatic carbocycles. The number of hydrogen-bond donors (Lipinski definition) is 1. The van der Waals surface area contributed by atoms with Crippen molar-refractivity contribution in [2.24, 2.45) is 0 Å². The zero-order chi connectivity index (χ0) is 12.1. The van der Waals surface area contributed by atoms with Crippen molar-refractivity contribution in [2.75, 3.05) is 11.9 Å². The number of aromatic nitrogens is 4. The number of unbranched alkanes of at least 4 members (excludes halogenated alkanes) is 3. The number of rotatable bonds is 6. The summed E-state index contributed by atoms with van der Waals surface area (Å²) in [5.41, 5.74) is 0. The quantitative estimate of drug-likeness (QED) is 0.635. The van der Waals surface area contributed by atoms with E-state index in [2.05, 4.69) is 27.3 Å². The number of nitrogens with one attached hydrogen (secondary N) is 1. The SMILES string of the molecule is CCCCCCNc1cc(Cl)nc2ncnn12. The number of fused-ring (bicyclic) bond motifs is 1. The molecule has 0 amide bonds. The largest absolute Gasteiger partial charge is 0.370 e. The van der Waals surface area contributed by atoms with Gasteiger partial charge in [-0.25, -0.2) is 0 Å². The van der Waals surface area contributed by atoms with Crippen LogP contribution in [0.2, 0.25) is 5.15 Å². The maximum atomic E-state index is 5.91. The van der Waals surface area contributed by atoms with Crippen molar-refractivity contribution in [2.45, 2.75) is 32.6 Å². The molecule has 0 bridgehead atoms. The van der Waals surface area contributed by atoms with Gasteiger partial charge in [0.15, 0.2) is 0 Å². The fourth-order valence-corrected chi connectivity index (χ4v) is 1.86. The summed E-state index contributed by atoms with van der Waals surface area (Å²) in [5, 5.41) is 7.84. The van der Waals surface area contributed by atoms with Crippen LogP contribution in [0.4, 0.5) is 5.82 Å². The Balaban J connectivity index is 2.00. The standard InChI is InChI=1S/C11H16ClN5/c1-2-3-4-5-6-13-10-7-9(12)16-11-14-8-15-17(10)11/h7-8,13H,2-6H2,1H3. The van der Waals surface area contributed by atoms with Gasteiger partial charge in [-0.3, -0.25) is 0 Å². The lowest BCUT2D eigenvalue weighted by molar-refractivity contribution is 0.683. The van der Waals surface area contributed by atoms with E-state index in [0.717, 1.165) is 18.8 Å². The average molecular weight is 254 g/mol. The Morgan fingerprint density at radius 3 is 3.06 bits per heavy atom. The van der Waals surface area contributed by atoms with Gasteiger partial charge in [-0.15, -0.1) is 0 Å². The second kappa shape index (κ2) is 5.82. The summed E-state index contributed by atoms with van der Waals surface area (Å²) >= 11 is 5.91. The lowest BCUT2D eigenvalue weighted by Crippen LogP contribution is -2.07. The predicted octanol–water partition coefficient (Wildman–Crippen LogP) is 2.77. The average Bonchev–Trinajstić information content (AvgIpc) is 2.76. The van der Waals surface area contributed by atoms with Crippen molar-refractivity contribution < 1.29 is 0 Å². The number of anilines is 1. The second-order valence-electron chi connectivity index (χ2n) is 3.92. The summed E-state index contributed by atoms with van der Waals surface area (Å²) in [5.74, 6) is 1.36. The first-order valence-corrected chi connectivity index (χ1v) is 6.29. The predicted molar refractivity (Wildman–Crippen MR) is 68.4 cm³/mol. The Labute approximate surface area is 105 Å². The molecule has 6 heteroatoms. The van der Waals surface area contributed by atoms with E-state index >= 15 is 0 Å². The summed E-state index contributed by atoms with van der Waals surface area (Å²) in [6, 6.07) is 1.77. The van der Waals surface area contributed by atoms with Gasteiger partial charge >= 0.3 is 0 Å². The van der Waals surface area contributed by atoms with Crippen molar-refractivity contribution in [3.05, 3.63) is 17.5 Å². The van der Waals surface area contributed by atoms with Gasteiger partial charge in [0, 0.05) is 12.6 Å². The van der Waals surface area contributed by atoms with Gasteiger partial charge in [0.2, 0.25) is 0 Å². The van der Waals surface area contributed by atoms with Gasteiger partial charge < -0.3 is 5.32 Å². The Bertz CT molecular complexity index is 482. The molecule has 2 rings (SSSR count). The first-order valence-electron chi connectivity index (χ1n) is 5.91. The Morgan fingerprint density at radius 2 is 2.24 bits per heavy atom. The third kappa shape index (κ3) is 3.06. The van der Waals surface area contributed by atoms with E-state index in [4.69, 9.17) is 11.6 Å². The molecular weight excluding hydrogens is 238 g/mol. The minimum Gasteiger partial charge on any atom is -0.370 e. The van der Waals surface area contributed by atoms with Crippen LogP contribution in [0, 0.1) is 0 Å². The smallest absolute Gasteiger partial charge is 0.255 e. The van der Waals surface area contributed by atoms with Gasteiger partial charge in [-0.2, -0.15) is 19.6 Å². The summed E-state index contributed by atoms with van der Waals surface area (Å²) in [6.45, 7) is 3.12. The molecule has 0 aliphatic heterocycles. The minimum atomic E-state index is 0.432. The van der Waals surface area contributed by atoms with Crippen molar-refractivity contribution in [3.8, 4) is 0 Å². The normalized spacial score (nSPS) is 10.9. The van der Waals surface area contributed by atoms with Crippen LogP contribution in [-0.4, -0.2) is 26.1 Å². The fourth-order valence-electron chi connectivity index (χ4n) is 1.68. The molecule has 2 aromatic heterocycles. The van der Waals surface area contributed by atoms with Crippen LogP contribution >= 0.6 is 11.6 Å². The molecule has 0 spiro atoms. The molecule has 0 aromatic carbocycles. The summed E-state index contributed by atoms with van der Waals surface area (Å²) < 4.78 is 1.66. The molecule has 0 saturated heterocycles. The van der Waals surface area contributed by atoms with Crippen LogP contribution in [0.15, 0.2) is 12.4 Å². The third-order valence-corrected chi connectivity index (χ3v) is 2.75. The molecule has 1 N–H and O–H groups in total. The van der Waals surface area contributed by atoms with Crippen molar-refractivity contribution in [3.63, 3.8) is 0 Å². The molecule has 5 nitrogen and oxygen atoms in total. The second-order valence-corrected chi connectivity index (χ2v) is 4.31. The van der Waals surface area contributed by atoms with E-state index in [9.17, 15) is 0 Å². The zero-order valence-corrected chi connectivity index (χ0v) is 10.6. The lowest BCUT2D eigenvalue weighted by Gasteiger charge is -2.07. The Hall–Kier alpha value is -1.36. The van der Waals surface area contributed by atoms with E-state index in [-0.39, 0.29) is 0 Å². The molecule has 92 valence electrons. The summed E-state index contributed by atoms with van der Waals surface area (Å²) in [4.78, 5) is 8.08. The number of halogens is 1. The van der Waals surface area contributed by atoms with Gasteiger partial charge in [0.25, 0.3) is 5.78 Å². The van der Waals surface area contributed by atoms with Gasteiger partial charge in [-0.05, 0) is 6.42 Å². The van der Waals surface area contributed by atoms with Gasteiger partial charge in [0.1, 0.15) is 17.3 Å². The van der Waals surface area contributed by atoms with Crippen molar-refractivity contribution in [1.82, 2.24) is 19.6 Å². The molecule has 2 heterocycles. The highest BCUT2D eigenvalue weighted by molar-refractivity contribution is 6.29. The fraction of sp³-hybridized carbons (Fsp3) is 0.545. The van der Waals surface area contributed by atoms with Crippen LogP contribution in [0.25, 0.3) is 5.78 Å². The maximum absolute atomic E-state index is 5.91. The first-order chi connectivity index (χ1) is 8.31. The maximum Gasteiger partial charge on any atom is 0.255 e. The summed E-state index contributed by atoms with van der Waals surface area (Å²) in [6.07, 6.45) is 6.37. The molecule has 17 heavy (non-hydrogen) atoms. The number of nitrogens with zero attached hydrogens (tertiary/aromatic N) is 4. The highest BCUT2D eigenvalue weighted by Crippen LogP contribution is 2.14. The monoisotopic (exact) mass is 253 g/mol. The zero-order valence-electron chi connectivity index (χ0n) is 9.86. The Morgan fingerprint density at radius 1 is 1.35 bits per heavy atom. The van der Waals surface area contributed by atoms with E-state index < -0.39 is 0 Å². The minimum absolute atomic E-state index is 0.432. The van der Waals surface area contributed by atoms with Gasteiger partial charge in [-0.1, -0.05) is 37.8 Å². The molecule has 2 aromatic rings. The molecular formula is C11H16ClN5. The van der Waals surface area contributed by atoms with Gasteiger partial charge in [0.05, 0.1) is 0 Å². The van der Waals surface area contributed by atoms with Crippen LogP contribution in [0.3, 0.4) is 0 Å². The third-order valence-electron chi connectivity index (χ3n) is 2.56. The van der Waals surface area contributed by atoms with E-state index in [1.54, 1.807) is 10.6 Å². The van der Waals surface area contributed by atoms with E-state index in [0.29, 0.717) is 10.9 Å². The van der Waals surface area contributed by atoms with Crippen molar-refractivity contribution in [1.29, 1.82) is 0 Å². The molecule has 0 radical (unpaired) electrons. The molecule has 0 atom stereocenters. The highest BCUT2D eigenvalue weighted by atomic mass is 35.5. The molecule has 0 unspecified atom stereocenters. The number of hydrogen-bond acceptors (Lipinski definition) is 4. The highest BCUT2D eigenvalue weighted by Gasteiger charge is 2.05. The van der Waals surface area contributed by atoms with Crippen LogP contribution in [0.5, 0.6) is 0 Å². The van der Waals surface area contributed by atoms with E-state index in [1.807, 2.05) is 0 Å². The molecule has 0 saturated carbocycles. The van der Waals surface area contributed by atoms with Crippen molar-refractivity contribution >= 4 is 23.2 Å². The van der Waals surface area contributed by atoms with E-state index in [1.165, 1.54) is 25.6 Å². The summed E-state index contributed by atoms with van der Waals surface area (Å²) in [7, 11) is 0. The lowest BCUT2D eigenvalue weighted by atomic mass is 10.2. The molecule has 0 fully saturated rings. The van der Waals surface area contributed by atoms with Crippen LogP contribution < -0.4 is 5.32 Å². The van der Waals surface area contributed by atoms with Crippen LogP contribution in [0.1, 0.15) is 32.6 Å². The van der Waals surface area contributed by atoms with Crippen LogP contribution in [-0.2, 0) is 0 Å².